The van der Waals surface area contributed by atoms with Crippen molar-refractivity contribution in [3.05, 3.63) is 30.5 Å². The smallest absolute Gasteiger partial charge is 0.331 e. The van der Waals surface area contributed by atoms with Gasteiger partial charge in [-0.25, -0.2) is 0 Å². The van der Waals surface area contributed by atoms with E-state index < -0.39 is 17.2 Å². The van der Waals surface area contributed by atoms with Crippen molar-refractivity contribution >= 4 is 34.6 Å². The summed E-state index contributed by atoms with van der Waals surface area (Å²) in [6, 6.07) is 7.86. The highest BCUT2D eigenvalue weighted by Gasteiger charge is 2.33. The van der Waals surface area contributed by atoms with Crippen molar-refractivity contribution in [2.45, 2.75) is 30.8 Å². The molecule has 0 bridgehead atoms. The molecule has 10 heteroatoms. The first-order valence-electron chi connectivity index (χ1n) is 9.59. The van der Waals surface area contributed by atoms with Crippen LogP contribution in [0.1, 0.15) is 13.8 Å². The van der Waals surface area contributed by atoms with Crippen LogP contribution >= 0.6 is 11.8 Å². The van der Waals surface area contributed by atoms with Crippen molar-refractivity contribution in [2.24, 2.45) is 0 Å². The molecule has 3 rings (SSSR count). The van der Waals surface area contributed by atoms with Gasteiger partial charge in [-0.3, -0.25) is 14.2 Å². The van der Waals surface area contributed by atoms with Crippen LogP contribution in [0.3, 0.4) is 0 Å². The van der Waals surface area contributed by atoms with Crippen molar-refractivity contribution in [3.8, 4) is 11.4 Å². The average Bonchev–Trinajstić information content (AvgIpc) is 3.34. The molecule has 160 valence electrons. The van der Waals surface area contributed by atoms with Gasteiger partial charge in [0.1, 0.15) is 0 Å². The molecule has 0 aliphatic carbocycles. The quantitative estimate of drug-likeness (QED) is 0.296. The van der Waals surface area contributed by atoms with E-state index in [0.29, 0.717) is 24.1 Å². The lowest BCUT2D eigenvalue weighted by molar-refractivity contribution is -0.152. The molecule has 2 heterocycles. The van der Waals surface area contributed by atoms with Crippen molar-refractivity contribution < 1.29 is 23.8 Å². The highest BCUT2D eigenvalue weighted by Crippen LogP contribution is 2.31. The minimum atomic E-state index is -1.19. The van der Waals surface area contributed by atoms with E-state index in [0.717, 1.165) is 28.2 Å². The van der Waals surface area contributed by atoms with Crippen LogP contribution in [0.25, 0.3) is 22.3 Å². The van der Waals surface area contributed by atoms with Crippen LogP contribution in [0.15, 0.2) is 35.6 Å². The molecule has 0 saturated carbocycles. The van der Waals surface area contributed by atoms with Crippen LogP contribution in [-0.4, -0.2) is 63.9 Å². The maximum absolute atomic E-state index is 12.4. The number of fused-ring (bicyclic) bond motifs is 1. The van der Waals surface area contributed by atoms with Crippen molar-refractivity contribution in [3.63, 3.8) is 0 Å². The number of esters is 2. The van der Waals surface area contributed by atoms with E-state index in [1.165, 1.54) is 0 Å². The second kappa shape index (κ2) is 10.3. The van der Waals surface area contributed by atoms with Gasteiger partial charge < -0.3 is 19.2 Å². The van der Waals surface area contributed by atoms with Gasteiger partial charge >= 0.3 is 11.9 Å². The Morgan fingerprint density at radius 2 is 1.83 bits per heavy atom. The van der Waals surface area contributed by atoms with Gasteiger partial charge in [-0.1, -0.05) is 30.0 Å². The average molecular weight is 433 g/mol. The summed E-state index contributed by atoms with van der Waals surface area (Å²) in [5, 5.41) is 8.79. The number of carbonyl (C=O) groups is 2. The van der Waals surface area contributed by atoms with Crippen LogP contribution in [-0.2, 0) is 30.3 Å². The number of H-pyrrole nitrogens is 1. The monoisotopic (exact) mass is 432 g/mol. The normalized spacial score (nSPS) is 11.2. The maximum atomic E-state index is 12.4. The first-order chi connectivity index (χ1) is 14.6. The molecule has 1 aromatic carbocycles. The molecule has 9 nitrogen and oxygen atoms in total. The second-order valence-corrected chi connectivity index (χ2v) is 7.27. The van der Waals surface area contributed by atoms with Crippen LogP contribution in [0.2, 0.25) is 0 Å². The summed E-state index contributed by atoms with van der Waals surface area (Å²) in [6.45, 7) is 4.53. The Morgan fingerprint density at radius 1 is 1.13 bits per heavy atom. The van der Waals surface area contributed by atoms with Gasteiger partial charge in [-0.15, -0.1) is 10.2 Å². The predicted molar refractivity (Wildman–Crippen MR) is 112 cm³/mol. The van der Waals surface area contributed by atoms with E-state index >= 15 is 0 Å². The zero-order chi connectivity index (χ0) is 21.5. The molecule has 1 N–H and O–H groups in total. The standard InChI is InChI=1S/C20H24N4O5S/c1-4-28-18(25)16(19(26)29-5-2)30-20-23-22-17(24(20)10-11-27-3)14-12-21-15-9-7-6-8-13(14)15/h6-9,12,16,21H,4-5,10-11H2,1-3H3. The Morgan fingerprint density at radius 3 is 2.50 bits per heavy atom. The first kappa shape index (κ1) is 21.8. The van der Waals surface area contributed by atoms with Crippen LogP contribution < -0.4 is 0 Å². The topological polar surface area (TPSA) is 108 Å². The molecule has 2 aromatic heterocycles. The number of nitrogens with zero attached hydrogens (tertiary/aromatic N) is 3. The predicted octanol–water partition coefficient (Wildman–Crippen LogP) is 2.66. The number of thioether (sulfide) groups is 1. The molecule has 0 saturated heterocycles. The van der Waals surface area contributed by atoms with Gasteiger partial charge in [0.15, 0.2) is 11.0 Å². The number of aromatic nitrogens is 4. The highest BCUT2D eigenvalue weighted by molar-refractivity contribution is 8.01. The second-order valence-electron chi connectivity index (χ2n) is 6.20. The van der Waals surface area contributed by atoms with E-state index in [-0.39, 0.29) is 13.2 Å². The zero-order valence-electron chi connectivity index (χ0n) is 17.1. The molecule has 0 radical (unpaired) electrons. The summed E-state index contributed by atoms with van der Waals surface area (Å²) in [6.07, 6.45) is 1.86. The summed E-state index contributed by atoms with van der Waals surface area (Å²) in [4.78, 5) is 28.0. The molecule has 0 fully saturated rings. The number of para-hydroxylation sites is 1. The largest absolute Gasteiger partial charge is 0.465 e. The zero-order valence-corrected chi connectivity index (χ0v) is 17.9. The number of hydrogen-bond donors (Lipinski definition) is 1. The molecule has 30 heavy (non-hydrogen) atoms. The van der Waals surface area contributed by atoms with Gasteiger partial charge in [0.05, 0.1) is 26.4 Å². The van der Waals surface area contributed by atoms with E-state index in [9.17, 15) is 9.59 Å². The number of methoxy groups -OCH3 is 1. The third-order valence-corrected chi connectivity index (χ3v) is 5.42. The molecule has 3 aromatic rings. The molecule has 0 unspecified atom stereocenters. The number of hydrogen-bond acceptors (Lipinski definition) is 8. The maximum Gasteiger partial charge on any atom is 0.331 e. The van der Waals surface area contributed by atoms with E-state index in [1.54, 1.807) is 21.0 Å². The van der Waals surface area contributed by atoms with E-state index in [4.69, 9.17) is 14.2 Å². The summed E-state index contributed by atoms with van der Waals surface area (Å²) in [5.41, 5.74) is 1.84. The Labute approximate surface area is 178 Å². The lowest BCUT2D eigenvalue weighted by Crippen LogP contribution is -2.31. The Hall–Kier alpha value is -2.85. The fourth-order valence-electron chi connectivity index (χ4n) is 2.95. The fraction of sp³-hybridized carbons (Fsp3) is 0.400. The molecular formula is C20H24N4O5S. The minimum absolute atomic E-state index is 0.159. The van der Waals surface area contributed by atoms with Crippen molar-refractivity contribution in [1.82, 2.24) is 19.7 Å². The molecule has 0 amide bonds. The fourth-order valence-corrected chi connectivity index (χ4v) is 3.88. The number of nitrogens with one attached hydrogen (secondary N) is 1. The van der Waals surface area contributed by atoms with Crippen LogP contribution in [0, 0.1) is 0 Å². The Bertz CT molecular complexity index is 998. The van der Waals surface area contributed by atoms with Crippen LogP contribution in [0.5, 0.6) is 0 Å². The molecule has 0 atom stereocenters. The third kappa shape index (κ3) is 4.65. The summed E-state index contributed by atoms with van der Waals surface area (Å²) in [7, 11) is 1.60. The van der Waals surface area contributed by atoms with Gasteiger partial charge in [0.25, 0.3) is 0 Å². The molecule has 0 aliphatic heterocycles. The summed E-state index contributed by atoms with van der Waals surface area (Å²) >= 11 is 0.960. The molecular weight excluding hydrogens is 408 g/mol. The number of carbonyl (C=O) groups excluding carboxylic acids is 2. The lowest BCUT2D eigenvalue weighted by atomic mass is 10.1. The minimum Gasteiger partial charge on any atom is -0.465 e. The summed E-state index contributed by atoms with van der Waals surface area (Å²) < 4.78 is 17.2. The van der Waals surface area contributed by atoms with Crippen molar-refractivity contribution in [1.29, 1.82) is 0 Å². The SMILES string of the molecule is CCOC(=O)C(Sc1nnc(-c2c[nH]c3ccccc23)n1CCOC)C(=O)OCC. The van der Waals surface area contributed by atoms with E-state index in [1.807, 2.05) is 35.0 Å². The first-order valence-corrected chi connectivity index (χ1v) is 10.5. The lowest BCUT2D eigenvalue weighted by Gasteiger charge is -2.15. The number of ether oxygens (including phenoxy) is 3. The number of aromatic amines is 1. The van der Waals surface area contributed by atoms with Crippen LogP contribution in [0.4, 0.5) is 0 Å². The van der Waals surface area contributed by atoms with Gasteiger partial charge in [0.2, 0.25) is 5.25 Å². The molecule has 0 spiro atoms. The number of benzene rings is 1. The molecule has 0 aliphatic rings. The Kier molecular flexibility index (Phi) is 7.47. The summed E-state index contributed by atoms with van der Waals surface area (Å²) in [5.74, 6) is -0.731. The van der Waals surface area contributed by atoms with Crippen molar-refractivity contribution in [2.75, 3.05) is 26.9 Å². The van der Waals surface area contributed by atoms with Gasteiger partial charge in [-0.05, 0) is 19.9 Å². The van der Waals surface area contributed by atoms with Gasteiger partial charge in [0, 0.05) is 29.8 Å². The third-order valence-electron chi connectivity index (χ3n) is 4.29. The van der Waals surface area contributed by atoms with E-state index in [2.05, 4.69) is 15.2 Å². The highest BCUT2D eigenvalue weighted by atomic mass is 32.2. The Balaban J connectivity index is 1.99. The van der Waals surface area contributed by atoms with Gasteiger partial charge in [-0.2, -0.15) is 0 Å². The number of rotatable bonds is 10.